The summed E-state index contributed by atoms with van der Waals surface area (Å²) in [6.07, 6.45) is 0. The molecule has 1 amide bonds. The van der Waals surface area contributed by atoms with Crippen molar-refractivity contribution in [3.05, 3.63) is 142 Å². The van der Waals surface area contributed by atoms with Crippen LogP contribution in [-0.4, -0.2) is 16.8 Å². The highest BCUT2D eigenvalue weighted by Gasteiger charge is 2.45. The standard InChI is InChI=1S/C32H22BrNO5/c33-23-13-16-26-22(17-23)18-27(39-26)30(35)28-29(34(32(37)31(28)36)24-9-5-2-6-10-24)21-11-14-25(15-12-21)38-19-20-7-3-1-4-8-20/h1-18,29,36H,19H2. The first-order valence-corrected chi connectivity index (χ1v) is 13.1. The number of carbonyl (C=O) groups excluding carboxylic acids is 2. The maximum Gasteiger partial charge on any atom is 0.294 e. The van der Waals surface area contributed by atoms with Crippen LogP contribution in [0.1, 0.15) is 27.7 Å². The van der Waals surface area contributed by atoms with Crippen LogP contribution in [-0.2, 0) is 11.4 Å². The van der Waals surface area contributed by atoms with Crippen LogP contribution in [0.4, 0.5) is 5.69 Å². The molecule has 1 aromatic heterocycles. The zero-order valence-corrected chi connectivity index (χ0v) is 22.2. The van der Waals surface area contributed by atoms with Crippen LogP contribution in [0.15, 0.2) is 129 Å². The normalized spacial score (nSPS) is 15.3. The lowest BCUT2D eigenvalue weighted by Crippen LogP contribution is -2.31. The monoisotopic (exact) mass is 579 g/mol. The van der Waals surface area contributed by atoms with E-state index in [2.05, 4.69) is 15.9 Å². The SMILES string of the molecule is O=C(C1=C(O)C(=O)N(c2ccccc2)C1c1ccc(OCc2ccccc2)cc1)c1cc2cc(Br)ccc2o1. The number of amides is 1. The Hall–Kier alpha value is -4.62. The van der Waals surface area contributed by atoms with E-state index in [1.807, 2.05) is 48.5 Å². The third kappa shape index (κ3) is 4.73. The summed E-state index contributed by atoms with van der Waals surface area (Å²) in [6, 6.07) is 32.2. The fraction of sp³-hybridized carbons (Fsp3) is 0.0625. The second-order valence-corrected chi connectivity index (χ2v) is 10.1. The van der Waals surface area contributed by atoms with E-state index < -0.39 is 23.5 Å². The van der Waals surface area contributed by atoms with Crippen LogP contribution in [0.2, 0.25) is 0 Å². The van der Waals surface area contributed by atoms with E-state index in [0.29, 0.717) is 29.2 Å². The summed E-state index contributed by atoms with van der Waals surface area (Å²) in [6.45, 7) is 0.408. The molecule has 39 heavy (non-hydrogen) atoms. The highest BCUT2D eigenvalue weighted by Crippen LogP contribution is 2.42. The highest BCUT2D eigenvalue weighted by molar-refractivity contribution is 9.10. The first-order chi connectivity index (χ1) is 19.0. The van der Waals surface area contributed by atoms with Gasteiger partial charge < -0.3 is 14.3 Å². The van der Waals surface area contributed by atoms with Crippen LogP contribution in [0.25, 0.3) is 11.0 Å². The second-order valence-electron chi connectivity index (χ2n) is 9.14. The van der Waals surface area contributed by atoms with Gasteiger partial charge in [0.1, 0.15) is 17.9 Å². The number of nitrogens with zero attached hydrogens (tertiary/aromatic N) is 1. The Labute approximate surface area is 232 Å². The Morgan fingerprint density at radius 1 is 0.897 bits per heavy atom. The van der Waals surface area contributed by atoms with Crippen LogP contribution in [0.3, 0.4) is 0 Å². The van der Waals surface area contributed by atoms with Gasteiger partial charge in [0, 0.05) is 15.5 Å². The number of anilines is 1. The van der Waals surface area contributed by atoms with Crippen molar-refractivity contribution in [3.63, 3.8) is 0 Å². The maximum atomic E-state index is 13.8. The van der Waals surface area contributed by atoms with Crippen LogP contribution >= 0.6 is 15.9 Å². The van der Waals surface area contributed by atoms with E-state index in [1.54, 1.807) is 60.7 Å². The lowest BCUT2D eigenvalue weighted by molar-refractivity contribution is -0.117. The number of aliphatic hydroxyl groups is 1. The van der Waals surface area contributed by atoms with Gasteiger partial charge in [-0.25, -0.2) is 0 Å². The Morgan fingerprint density at radius 3 is 2.31 bits per heavy atom. The summed E-state index contributed by atoms with van der Waals surface area (Å²) in [7, 11) is 0. The fourth-order valence-corrected chi connectivity index (χ4v) is 5.13. The van der Waals surface area contributed by atoms with Gasteiger partial charge in [0.05, 0.1) is 11.6 Å². The number of aliphatic hydroxyl groups excluding tert-OH is 1. The van der Waals surface area contributed by atoms with E-state index in [4.69, 9.17) is 9.15 Å². The molecule has 2 heterocycles. The maximum absolute atomic E-state index is 13.8. The molecule has 0 spiro atoms. The number of Topliss-reactive ketones (excluding diaryl/α,β-unsaturated/α-hetero) is 1. The number of hydrogen-bond acceptors (Lipinski definition) is 5. The van der Waals surface area contributed by atoms with E-state index in [1.165, 1.54) is 4.90 Å². The molecule has 1 aliphatic rings. The predicted octanol–water partition coefficient (Wildman–Crippen LogP) is 7.56. The summed E-state index contributed by atoms with van der Waals surface area (Å²) >= 11 is 3.43. The average molecular weight is 580 g/mol. The molecule has 6 nitrogen and oxygen atoms in total. The molecule has 0 radical (unpaired) electrons. The number of furan rings is 1. The Bertz CT molecular complexity index is 1710. The average Bonchev–Trinajstić information content (AvgIpc) is 3.51. The Kier molecular flexibility index (Phi) is 6.50. The third-order valence-corrected chi connectivity index (χ3v) is 7.13. The van der Waals surface area contributed by atoms with Crippen LogP contribution in [0.5, 0.6) is 5.75 Å². The van der Waals surface area contributed by atoms with E-state index in [0.717, 1.165) is 15.4 Å². The van der Waals surface area contributed by atoms with Crippen LogP contribution in [0, 0.1) is 0 Å². The van der Waals surface area contributed by atoms with Crippen molar-refractivity contribution in [2.75, 3.05) is 4.90 Å². The predicted molar refractivity (Wildman–Crippen MR) is 152 cm³/mol. The summed E-state index contributed by atoms with van der Waals surface area (Å²) in [5, 5.41) is 11.8. The van der Waals surface area contributed by atoms with Crippen molar-refractivity contribution in [1.29, 1.82) is 0 Å². The van der Waals surface area contributed by atoms with Crippen molar-refractivity contribution in [3.8, 4) is 5.75 Å². The molecule has 1 N–H and O–H groups in total. The Morgan fingerprint density at radius 2 is 1.59 bits per heavy atom. The number of carbonyl (C=O) groups is 2. The fourth-order valence-electron chi connectivity index (χ4n) is 4.75. The smallest absolute Gasteiger partial charge is 0.294 e. The van der Waals surface area contributed by atoms with Crippen molar-refractivity contribution in [2.24, 2.45) is 0 Å². The second kappa shape index (κ2) is 10.3. The first-order valence-electron chi connectivity index (χ1n) is 12.3. The quantitative estimate of drug-likeness (QED) is 0.201. The number of para-hydroxylation sites is 1. The minimum Gasteiger partial charge on any atom is -0.503 e. The van der Waals surface area contributed by atoms with Gasteiger partial charge in [-0.05, 0) is 59.7 Å². The number of halogens is 1. The van der Waals surface area contributed by atoms with Gasteiger partial charge in [0.2, 0.25) is 5.78 Å². The van der Waals surface area contributed by atoms with E-state index in [9.17, 15) is 14.7 Å². The molecule has 0 saturated carbocycles. The number of hydrogen-bond donors (Lipinski definition) is 1. The van der Waals surface area contributed by atoms with Crippen molar-refractivity contribution < 1.29 is 23.8 Å². The summed E-state index contributed by atoms with van der Waals surface area (Å²) in [4.78, 5) is 28.6. The van der Waals surface area contributed by atoms with Gasteiger partial charge in [-0.15, -0.1) is 0 Å². The minimum absolute atomic E-state index is 0.0417. The zero-order chi connectivity index (χ0) is 26.9. The molecule has 0 fully saturated rings. The molecule has 4 aromatic carbocycles. The Balaban J connectivity index is 1.37. The molecule has 6 rings (SSSR count). The van der Waals surface area contributed by atoms with Crippen LogP contribution < -0.4 is 9.64 Å². The van der Waals surface area contributed by atoms with Gasteiger partial charge in [0.25, 0.3) is 5.91 Å². The summed E-state index contributed by atoms with van der Waals surface area (Å²) in [5.74, 6) is -1.12. The molecule has 1 aliphatic heterocycles. The van der Waals surface area contributed by atoms with Gasteiger partial charge in [-0.2, -0.15) is 0 Å². The lowest BCUT2D eigenvalue weighted by atomic mass is 9.94. The van der Waals surface area contributed by atoms with Crippen molar-refractivity contribution in [2.45, 2.75) is 12.6 Å². The van der Waals surface area contributed by atoms with E-state index >= 15 is 0 Å². The molecule has 0 aliphatic carbocycles. The number of benzene rings is 4. The minimum atomic E-state index is -0.865. The molecule has 192 valence electrons. The first kappa shape index (κ1) is 24.7. The van der Waals surface area contributed by atoms with Gasteiger partial charge in [-0.1, -0.05) is 76.6 Å². The molecule has 7 heteroatoms. The lowest BCUT2D eigenvalue weighted by Gasteiger charge is -2.27. The largest absolute Gasteiger partial charge is 0.503 e. The molecule has 0 bridgehead atoms. The summed E-state index contributed by atoms with van der Waals surface area (Å²) < 4.78 is 12.6. The zero-order valence-electron chi connectivity index (χ0n) is 20.6. The highest BCUT2D eigenvalue weighted by atomic mass is 79.9. The topological polar surface area (TPSA) is 80.0 Å². The number of ether oxygens (including phenoxy) is 1. The van der Waals surface area contributed by atoms with Crippen molar-refractivity contribution >= 4 is 44.3 Å². The van der Waals surface area contributed by atoms with Gasteiger partial charge in [-0.3, -0.25) is 14.5 Å². The molecule has 1 atom stereocenters. The molecule has 5 aromatic rings. The molecule has 0 saturated heterocycles. The van der Waals surface area contributed by atoms with Crippen molar-refractivity contribution in [1.82, 2.24) is 0 Å². The van der Waals surface area contributed by atoms with Gasteiger partial charge >= 0.3 is 0 Å². The van der Waals surface area contributed by atoms with E-state index in [-0.39, 0.29) is 11.3 Å². The molecular weight excluding hydrogens is 558 g/mol. The van der Waals surface area contributed by atoms with Gasteiger partial charge in [0.15, 0.2) is 11.5 Å². The summed E-state index contributed by atoms with van der Waals surface area (Å²) in [5.41, 5.74) is 2.73. The molecule has 1 unspecified atom stereocenters. The number of rotatable bonds is 7. The third-order valence-electron chi connectivity index (χ3n) is 6.63. The number of fused-ring (bicyclic) bond motifs is 1. The molecular formula is C32H22BrNO5. The number of ketones is 1.